The molecule has 1 amide bonds. The van der Waals surface area contributed by atoms with Gasteiger partial charge < -0.3 is 10.6 Å². The third kappa shape index (κ3) is 3.11. The topological polar surface area (TPSA) is 95.6 Å². The fourth-order valence-corrected chi connectivity index (χ4v) is 1.76. The highest BCUT2D eigenvalue weighted by Gasteiger charge is 2.15. The Kier molecular flexibility index (Phi) is 4.16. The van der Waals surface area contributed by atoms with Crippen LogP contribution < -0.4 is 10.6 Å². The quantitative estimate of drug-likeness (QED) is 0.719. The lowest BCUT2D eigenvalue weighted by molar-refractivity contribution is -0.121. The van der Waals surface area contributed by atoms with Crippen LogP contribution in [0.5, 0.6) is 0 Å². The molecule has 2 heterocycles. The summed E-state index contributed by atoms with van der Waals surface area (Å²) in [4.78, 5) is 19.9. The predicted molar refractivity (Wildman–Crippen MR) is 73.1 cm³/mol. The number of fused-ring (bicyclic) bond motifs is 1. The predicted octanol–water partition coefficient (Wildman–Crippen LogP) is 1.33. The van der Waals surface area contributed by atoms with Gasteiger partial charge in [-0.3, -0.25) is 9.89 Å². The molecule has 3 N–H and O–H groups in total. The molecule has 0 radical (unpaired) electrons. The summed E-state index contributed by atoms with van der Waals surface area (Å²) in [6, 6.07) is -0.421. The van der Waals surface area contributed by atoms with Gasteiger partial charge in [-0.2, -0.15) is 15.1 Å². The normalized spacial score (nSPS) is 12.4. The second kappa shape index (κ2) is 5.83. The fraction of sp³-hybridized carbons (Fsp3) is 0.455. The van der Waals surface area contributed by atoms with Crippen LogP contribution in [0.15, 0.2) is 6.20 Å². The molecule has 0 saturated carbocycles. The maximum Gasteiger partial charge on any atom is 0.242 e. The van der Waals surface area contributed by atoms with Crippen LogP contribution in [0.4, 0.5) is 5.82 Å². The number of hydrogen-bond donors (Lipinski definition) is 3. The number of aromatic nitrogens is 4. The van der Waals surface area contributed by atoms with E-state index in [4.69, 9.17) is 11.6 Å². The van der Waals surface area contributed by atoms with Gasteiger partial charge in [0, 0.05) is 6.54 Å². The summed E-state index contributed by atoms with van der Waals surface area (Å²) >= 11 is 5.82. The van der Waals surface area contributed by atoms with Crippen LogP contribution in [0, 0.1) is 0 Å². The average molecular weight is 283 g/mol. The summed E-state index contributed by atoms with van der Waals surface area (Å²) in [5.41, 5.74) is 0.531. The molecule has 0 aliphatic heterocycles. The van der Waals surface area contributed by atoms with Crippen LogP contribution in [-0.2, 0) is 4.79 Å². The Balaban J connectivity index is 2.16. The first-order valence-electron chi connectivity index (χ1n) is 6.02. The van der Waals surface area contributed by atoms with Gasteiger partial charge in [-0.1, -0.05) is 6.92 Å². The lowest BCUT2D eigenvalue weighted by atomic mass is 10.3. The lowest BCUT2D eigenvalue weighted by Crippen LogP contribution is -2.38. The minimum atomic E-state index is -0.421. The summed E-state index contributed by atoms with van der Waals surface area (Å²) in [5, 5.41) is 13.2. The van der Waals surface area contributed by atoms with Crippen molar-refractivity contribution in [2.24, 2.45) is 0 Å². The molecule has 0 aliphatic rings. The Bertz CT molecular complexity index is 584. The maximum atomic E-state index is 11.8. The summed E-state index contributed by atoms with van der Waals surface area (Å²) in [5.74, 6) is 0.399. The molecule has 0 bridgehead atoms. The van der Waals surface area contributed by atoms with Crippen LogP contribution in [0.1, 0.15) is 20.3 Å². The first kappa shape index (κ1) is 13.5. The first-order chi connectivity index (χ1) is 9.11. The van der Waals surface area contributed by atoms with Crippen molar-refractivity contribution in [1.82, 2.24) is 25.5 Å². The van der Waals surface area contributed by atoms with Crippen LogP contribution in [0.2, 0.25) is 5.28 Å². The molecule has 8 heteroatoms. The summed E-state index contributed by atoms with van der Waals surface area (Å²) in [6.45, 7) is 4.40. The van der Waals surface area contributed by atoms with Crippen molar-refractivity contribution in [2.45, 2.75) is 26.3 Å². The Morgan fingerprint density at radius 3 is 3.05 bits per heavy atom. The van der Waals surface area contributed by atoms with Gasteiger partial charge in [0.25, 0.3) is 0 Å². The zero-order valence-corrected chi connectivity index (χ0v) is 11.5. The van der Waals surface area contributed by atoms with E-state index >= 15 is 0 Å². The molecular formula is C11H15ClN6O. The van der Waals surface area contributed by atoms with Gasteiger partial charge in [-0.05, 0) is 24.9 Å². The van der Waals surface area contributed by atoms with Gasteiger partial charge in [-0.15, -0.1) is 0 Å². The van der Waals surface area contributed by atoms with Crippen molar-refractivity contribution in [2.75, 3.05) is 11.9 Å². The van der Waals surface area contributed by atoms with Gasteiger partial charge in [0.05, 0.1) is 11.6 Å². The average Bonchev–Trinajstić information content (AvgIpc) is 2.83. The highest BCUT2D eigenvalue weighted by atomic mass is 35.5. The van der Waals surface area contributed by atoms with E-state index < -0.39 is 6.04 Å². The van der Waals surface area contributed by atoms with E-state index in [1.54, 1.807) is 13.1 Å². The molecule has 0 aliphatic carbocycles. The second-order valence-corrected chi connectivity index (χ2v) is 4.47. The van der Waals surface area contributed by atoms with Crippen LogP contribution in [-0.4, -0.2) is 38.7 Å². The largest absolute Gasteiger partial charge is 0.358 e. The lowest BCUT2D eigenvalue weighted by Gasteiger charge is -2.14. The van der Waals surface area contributed by atoms with E-state index in [-0.39, 0.29) is 11.2 Å². The minimum absolute atomic E-state index is 0.0896. The zero-order chi connectivity index (χ0) is 13.8. The molecule has 0 spiro atoms. The van der Waals surface area contributed by atoms with Crippen molar-refractivity contribution in [3.63, 3.8) is 0 Å². The molecule has 0 saturated heterocycles. The van der Waals surface area contributed by atoms with Crippen molar-refractivity contribution in [3.05, 3.63) is 11.5 Å². The number of halogens is 1. The van der Waals surface area contributed by atoms with E-state index in [0.29, 0.717) is 23.4 Å². The van der Waals surface area contributed by atoms with E-state index in [9.17, 15) is 4.79 Å². The smallest absolute Gasteiger partial charge is 0.242 e. The Hall–Kier alpha value is -1.89. The number of carbonyl (C=O) groups excluding carboxylic acids is 1. The summed E-state index contributed by atoms with van der Waals surface area (Å²) < 4.78 is 0. The third-order valence-corrected chi connectivity index (χ3v) is 2.75. The number of rotatable bonds is 5. The molecule has 1 unspecified atom stereocenters. The number of nitrogens with one attached hydrogen (secondary N) is 3. The van der Waals surface area contributed by atoms with E-state index in [2.05, 4.69) is 30.8 Å². The minimum Gasteiger partial charge on any atom is -0.358 e. The molecule has 2 rings (SSSR count). The summed E-state index contributed by atoms with van der Waals surface area (Å²) in [6.07, 6.45) is 2.48. The molecule has 19 heavy (non-hydrogen) atoms. The number of H-pyrrole nitrogens is 1. The molecule has 1 atom stereocenters. The van der Waals surface area contributed by atoms with Crippen molar-refractivity contribution in [3.8, 4) is 0 Å². The van der Waals surface area contributed by atoms with Gasteiger partial charge in [0.15, 0.2) is 5.65 Å². The Morgan fingerprint density at radius 1 is 1.53 bits per heavy atom. The number of aromatic amines is 1. The molecule has 7 nitrogen and oxygen atoms in total. The molecule has 102 valence electrons. The van der Waals surface area contributed by atoms with Crippen LogP contribution in [0.3, 0.4) is 0 Å². The second-order valence-electron chi connectivity index (χ2n) is 4.13. The molecule has 0 fully saturated rings. The molecular weight excluding hydrogens is 268 g/mol. The van der Waals surface area contributed by atoms with Crippen molar-refractivity contribution >= 4 is 34.4 Å². The highest BCUT2D eigenvalue weighted by molar-refractivity contribution is 6.28. The first-order valence-corrected chi connectivity index (χ1v) is 6.40. The molecule has 2 aromatic heterocycles. The fourth-order valence-electron chi connectivity index (χ4n) is 1.59. The van der Waals surface area contributed by atoms with Crippen molar-refractivity contribution < 1.29 is 4.79 Å². The van der Waals surface area contributed by atoms with E-state index in [1.807, 2.05) is 6.92 Å². The SMILES string of the molecule is CCCNC(=O)C(C)Nc1nc(Cl)nc2[nH]ncc12. The molecule has 2 aromatic rings. The number of amides is 1. The van der Waals surface area contributed by atoms with Gasteiger partial charge in [-0.25, -0.2) is 0 Å². The number of nitrogens with zero attached hydrogens (tertiary/aromatic N) is 3. The van der Waals surface area contributed by atoms with Crippen molar-refractivity contribution in [1.29, 1.82) is 0 Å². The third-order valence-electron chi connectivity index (χ3n) is 2.58. The van der Waals surface area contributed by atoms with E-state index in [0.717, 1.165) is 6.42 Å². The number of anilines is 1. The van der Waals surface area contributed by atoms with Gasteiger partial charge in [0.2, 0.25) is 11.2 Å². The zero-order valence-electron chi connectivity index (χ0n) is 10.7. The summed E-state index contributed by atoms with van der Waals surface area (Å²) in [7, 11) is 0. The van der Waals surface area contributed by atoms with Gasteiger partial charge in [0.1, 0.15) is 11.9 Å². The maximum absolute atomic E-state index is 11.8. The Morgan fingerprint density at radius 2 is 2.32 bits per heavy atom. The van der Waals surface area contributed by atoms with E-state index in [1.165, 1.54) is 0 Å². The standard InChI is InChI=1S/C11H15ClN6O/c1-3-4-13-10(19)6(2)15-8-7-5-14-18-9(7)17-11(12)16-8/h5-6H,3-4H2,1-2H3,(H,13,19)(H2,14,15,16,17,18). The number of hydrogen-bond acceptors (Lipinski definition) is 5. The van der Waals surface area contributed by atoms with Crippen LogP contribution in [0.25, 0.3) is 11.0 Å². The number of carbonyl (C=O) groups is 1. The van der Waals surface area contributed by atoms with Crippen LogP contribution >= 0.6 is 11.6 Å². The highest BCUT2D eigenvalue weighted by Crippen LogP contribution is 2.20. The van der Waals surface area contributed by atoms with Gasteiger partial charge >= 0.3 is 0 Å². The Labute approximate surface area is 115 Å². The monoisotopic (exact) mass is 282 g/mol. The molecule has 0 aromatic carbocycles.